The van der Waals surface area contributed by atoms with Crippen molar-refractivity contribution < 1.29 is 17.9 Å². The number of carbonyl (C=O) groups excluding carboxylic acids is 1. The molecule has 0 fully saturated rings. The van der Waals surface area contributed by atoms with E-state index in [0.29, 0.717) is 22.7 Å². The van der Waals surface area contributed by atoms with Crippen LogP contribution in [0.3, 0.4) is 0 Å². The molecule has 3 aromatic carbocycles. The van der Waals surface area contributed by atoms with E-state index in [2.05, 4.69) is 5.32 Å². The van der Waals surface area contributed by atoms with Crippen LogP contribution in [-0.4, -0.2) is 33.2 Å². The fourth-order valence-electron chi connectivity index (χ4n) is 3.27. The van der Waals surface area contributed by atoms with E-state index in [0.717, 1.165) is 4.90 Å². The lowest BCUT2D eigenvalue weighted by molar-refractivity contribution is 0.102. The van der Waals surface area contributed by atoms with Crippen LogP contribution in [0.4, 0.5) is 11.4 Å². The molecular weight excluding hydrogens is 456 g/mol. The minimum atomic E-state index is -3.72. The Morgan fingerprint density at radius 2 is 1.70 bits per heavy atom. The maximum Gasteiger partial charge on any atom is 0.264 e. The van der Waals surface area contributed by atoms with E-state index in [-0.39, 0.29) is 23.5 Å². The van der Waals surface area contributed by atoms with Crippen molar-refractivity contribution in [3.05, 3.63) is 78.4 Å². The number of sulfonamides is 1. The molecule has 1 amide bonds. The molecule has 0 spiro atoms. The van der Waals surface area contributed by atoms with E-state index < -0.39 is 10.0 Å². The number of carbonyl (C=O) groups is 1. The molecule has 0 aromatic heterocycles. The molecule has 0 aliphatic heterocycles. The Kier molecular flexibility index (Phi) is 8.05. The molecule has 0 saturated heterocycles. The van der Waals surface area contributed by atoms with Crippen LogP contribution >= 0.6 is 11.8 Å². The van der Waals surface area contributed by atoms with Gasteiger partial charge in [0.2, 0.25) is 0 Å². The first-order valence-electron chi connectivity index (χ1n) is 10.6. The minimum absolute atomic E-state index is 0.0322. The van der Waals surface area contributed by atoms with E-state index in [1.165, 1.54) is 4.31 Å². The zero-order valence-corrected chi connectivity index (χ0v) is 20.7. The second-order valence-corrected chi connectivity index (χ2v) is 10.3. The molecule has 6 nitrogen and oxygen atoms in total. The number of hydrogen-bond donors (Lipinski definition) is 1. The molecule has 0 saturated carbocycles. The van der Waals surface area contributed by atoms with Crippen molar-refractivity contribution in [3.8, 4) is 5.75 Å². The Balaban J connectivity index is 1.77. The monoisotopic (exact) mass is 484 g/mol. The molecule has 0 heterocycles. The summed E-state index contributed by atoms with van der Waals surface area (Å²) in [5, 5.41) is 2.85. The summed E-state index contributed by atoms with van der Waals surface area (Å²) >= 11 is 1.55. The molecule has 0 unspecified atom stereocenters. The van der Waals surface area contributed by atoms with Crippen LogP contribution in [0.1, 0.15) is 31.1 Å². The molecule has 0 aliphatic rings. The number of hydrogen-bond acceptors (Lipinski definition) is 5. The highest BCUT2D eigenvalue weighted by Gasteiger charge is 2.23. The van der Waals surface area contributed by atoms with Crippen LogP contribution in [-0.2, 0) is 10.0 Å². The number of rotatable bonds is 9. The number of nitrogens with one attached hydrogen (secondary N) is 1. The fourth-order valence-corrected chi connectivity index (χ4v) is 5.15. The summed E-state index contributed by atoms with van der Waals surface area (Å²) in [6, 6.07) is 20.5. The van der Waals surface area contributed by atoms with Gasteiger partial charge in [0.15, 0.2) is 0 Å². The highest BCUT2D eigenvalue weighted by molar-refractivity contribution is 7.98. The lowest BCUT2D eigenvalue weighted by atomic mass is 10.2. The van der Waals surface area contributed by atoms with Gasteiger partial charge in [0.25, 0.3) is 15.9 Å². The molecule has 3 rings (SSSR count). The van der Waals surface area contributed by atoms with Crippen molar-refractivity contribution in [2.45, 2.75) is 36.7 Å². The summed E-state index contributed by atoms with van der Waals surface area (Å²) in [6.45, 7) is 5.92. The van der Waals surface area contributed by atoms with Gasteiger partial charge in [-0.05, 0) is 87.7 Å². The summed E-state index contributed by atoms with van der Waals surface area (Å²) in [5.74, 6) is 0.384. The summed E-state index contributed by atoms with van der Waals surface area (Å²) in [5.41, 5.74) is 1.54. The Bertz CT molecular complexity index is 1190. The SMILES string of the molecule is CCN(c1ccc(C(=O)Nc2cccc(OC(C)C)c2)cc1)S(=O)(=O)c1ccc(SC)cc1. The summed E-state index contributed by atoms with van der Waals surface area (Å²) < 4.78 is 33.3. The molecule has 0 atom stereocenters. The predicted molar refractivity (Wildman–Crippen MR) is 135 cm³/mol. The quantitative estimate of drug-likeness (QED) is 0.397. The van der Waals surface area contributed by atoms with Crippen molar-refractivity contribution in [1.82, 2.24) is 0 Å². The Hall–Kier alpha value is -2.97. The molecule has 8 heteroatoms. The van der Waals surface area contributed by atoms with Gasteiger partial charge in [-0.2, -0.15) is 0 Å². The number of amides is 1. The van der Waals surface area contributed by atoms with E-state index >= 15 is 0 Å². The van der Waals surface area contributed by atoms with Crippen molar-refractivity contribution >= 4 is 39.1 Å². The van der Waals surface area contributed by atoms with Crippen LogP contribution in [0.25, 0.3) is 0 Å². The van der Waals surface area contributed by atoms with Crippen LogP contribution in [0.5, 0.6) is 5.75 Å². The lowest BCUT2D eigenvalue weighted by Crippen LogP contribution is -2.30. The number of nitrogens with zero attached hydrogens (tertiary/aromatic N) is 1. The maximum absolute atomic E-state index is 13.2. The first-order chi connectivity index (χ1) is 15.7. The first-order valence-corrected chi connectivity index (χ1v) is 13.3. The predicted octanol–water partition coefficient (Wildman–Crippen LogP) is 5.66. The third-order valence-corrected chi connectivity index (χ3v) is 7.48. The highest BCUT2D eigenvalue weighted by Crippen LogP contribution is 2.26. The fraction of sp³-hybridized carbons (Fsp3) is 0.240. The van der Waals surface area contributed by atoms with Crippen LogP contribution in [0.2, 0.25) is 0 Å². The average Bonchev–Trinajstić information content (AvgIpc) is 2.79. The van der Waals surface area contributed by atoms with Gasteiger partial charge < -0.3 is 10.1 Å². The van der Waals surface area contributed by atoms with Gasteiger partial charge in [-0.25, -0.2) is 8.42 Å². The molecular formula is C25H28N2O4S2. The molecule has 1 N–H and O–H groups in total. The van der Waals surface area contributed by atoms with Crippen molar-refractivity contribution in [2.75, 3.05) is 22.4 Å². The number of thioether (sulfide) groups is 1. The van der Waals surface area contributed by atoms with Gasteiger partial charge >= 0.3 is 0 Å². The van der Waals surface area contributed by atoms with Gasteiger partial charge in [-0.3, -0.25) is 9.10 Å². The normalized spacial score (nSPS) is 11.3. The molecule has 3 aromatic rings. The van der Waals surface area contributed by atoms with Crippen molar-refractivity contribution in [3.63, 3.8) is 0 Å². The molecule has 0 aliphatic carbocycles. The van der Waals surface area contributed by atoms with Gasteiger partial charge in [0.05, 0.1) is 16.7 Å². The standard InChI is InChI=1S/C25H28N2O4S2/c1-5-27(33(29,30)24-15-13-23(32-4)14-16-24)21-11-9-19(10-12-21)25(28)26-20-7-6-8-22(17-20)31-18(2)3/h6-18H,5H2,1-4H3,(H,26,28). The van der Waals surface area contributed by atoms with E-state index in [1.54, 1.807) is 79.3 Å². The molecule has 0 radical (unpaired) electrons. The van der Waals surface area contributed by atoms with E-state index in [9.17, 15) is 13.2 Å². The van der Waals surface area contributed by atoms with E-state index in [1.807, 2.05) is 32.2 Å². The van der Waals surface area contributed by atoms with Gasteiger partial charge in [0, 0.05) is 28.8 Å². The Morgan fingerprint density at radius 3 is 2.27 bits per heavy atom. The second kappa shape index (κ2) is 10.8. The Morgan fingerprint density at radius 1 is 1.03 bits per heavy atom. The van der Waals surface area contributed by atoms with Crippen LogP contribution in [0.15, 0.2) is 82.6 Å². The maximum atomic E-state index is 13.2. The third kappa shape index (κ3) is 6.09. The van der Waals surface area contributed by atoms with Gasteiger partial charge in [-0.15, -0.1) is 11.8 Å². The number of ether oxygens (including phenoxy) is 1. The van der Waals surface area contributed by atoms with Gasteiger partial charge in [0.1, 0.15) is 5.75 Å². The summed E-state index contributed by atoms with van der Waals surface area (Å²) in [7, 11) is -3.72. The second-order valence-electron chi connectivity index (χ2n) is 7.54. The number of anilines is 2. The first kappa shape index (κ1) is 24.7. The summed E-state index contributed by atoms with van der Waals surface area (Å²) in [4.78, 5) is 13.9. The van der Waals surface area contributed by atoms with Crippen LogP contribution < -0.4 is 14.4 Å². The molecule has 174 valence electrons. The Labute approximate surface area is 200 Å². The summed E-state index contributed by atoms with van der Waals surface area (Å²) in [6.07, 6.45) is 1.97. The topological polar surface area (TPSA) is 75.7 Å². The van der Waals surface area contributed by atoms with E-state index in [4.69, 9.17) is 4.74 Å². The smallest absolute Gasteiger partial charge is 0.264 e. The van der Waals surface area contributed by atoms with Crippen LogP contribution in [0, 0.1) is 0 Å². The molecule has 0 bridgehead atoms. The van der Waals surface area contributed by atoms with Crippen molar-refractivity contribution in [2.24, 2.45) is 0 Å². The third-order valence-electron chi connectivity index (χ3n) is 4.82. The number of benzene rings is 3. The minimum Gasteiger partial charge on any atom is -0.491 e. The average molecular weight is 485 g/mol. The zero-order valence-electron chi connectivity index (χ0n) is 19.1. The van der Waals surface area contributed by atoms with Crippen molar-refractivity contribution in [1.29, 1.82) is 0 Å². The highest BCUT2D eigenvalue weighted by atomic mass is 32.2. The van der Waals surface area contributed by atoms with Gasteiger partial charge in [-0.1, -0.05) is 6.07 Å². The molecule has 33 heavy (non-hydrogen) atoms. The zero-order chi connectivity index (χ0) is 24.0. The largest absolute Gasteiger partial charge is 0.491 e. The lowest BCUT2D eigenvalue weighted by Gasteiger charge is -2.23.